The number of nitrogens with zero attached hydrogens (tertiary/aromatic N) is 1. The molecule has 2 rings (SSSR count). The molecule has 0 radical (unpaired) electrons. The molecular weight excluding hydrogens is 278 g/mol. The van der Waals surface area contributed by atoms with Crippen LogP contribution in [0.3, 0.4) is 0 Å². The van der Waals surface area contributed by atoms with Gasteiger partial charge in [0.15, 0.2) is 0 Å². The smallest absolute Gasteiger partial charge is 0.257 e. The van der Waals surface area contributed by atoms with Crippen molar-refractivity contribution < 1.29 is 9.18 Å². The normalized spacial score (nSPS) is 10.2. The highest BCUT2D eigenvalue weighted by Gasteiger charge is 2.09. The van der Waals surface area contributed by atoms with Gasteiger partial charge in [-0.15, -0.1) is 0 Å². The van der Waals surface area contributed by atoms with E-state index in [9.17, 15) is 9.18 Å². The summed E-state index contributed by atoms with van der Waals surface area (Å²) >= 11 is 11.7. The van der Waals surface area contributed by atoms with Crippen LogP contribution in [0.5, 0.6) is 0 Å². The molecule has 0 spiro atoms. The Kier molecular flexibility index (Phi) is 3.79. The minimum absolute atomic E-state index is 0.229. The number of halogens is 3. The van der Waals surface area contributed by atoms with E-state index in [1.54, 1.807) is 12.1 Å². The molecule has 0 fully saturated rings. The molecule has 92 valence electrons. The number of pyridine rings is 1. The van der Waals surface area contributed by atoms with Crippen LogP contribution in [0.25, 0.3) is 0 Å². The van der Waals surface area contributed by atoms with Crippen LogP contribution in [0.1, 0.15) is 10.4 Å². The molecule has 1 N–H and O–H groups in total. The maximum atomic E-state index is 12.6. The van der Waals surface area contributed by atoms with E-state index in [1.165, 1.54) is 12.1 Å². The van der Waals surface area contributed by atoms with E-state index in [1.807, 2.05) is 0 Å². The Bertz CT molecular complexity index is 587. The average Bonchev–Trinajstić information content (AvgIpc) is 2.34. The topological polar surface area (TPSA) is 42.0 Å². The predicted octanol–water partition coefficient (Wildman–Crippen LogP) is 3.78. The van der Waals surface area contributed by atoms with Crippen molar-refractivity contribution in [2.45, 2.75) is 0 Å². The lowest BCUT2D eigenvalue weighted by atomic mass is 10.2. The van der Waals surface area contributed by atoms with Gasteiger partial charge in [-0.3, -0.25) is 4.79 Å². The maximum Gasteiger partial charge on any atom is 0.257 e. The number of rotatable bonds is 2. The number of carbonyl (C=O) groups excluding carboxylic acids is 1. The zero-order chi connectivity index (χ0) is 13.1. The first-order valence-corrected chi connectivity index (χ1v) is 5.70. The predicted molar refractivity (Wildman–Crippen MR) is 68.6 cm³/mol. The second-order valence-corrected chi connectivity index (χ2v) is 4.29. The molecule has 1 amide bonds. The number of anilines is 1. The third kappa shape index (κ3) is 2.97. The molecule has 2 aromatic rings. The van der Waals surface area contributed by atoms with Gasteiger partial charge < -0.3 is 5.32 Å². The molecule has 0 saturated carbocycles. The lowest BCUT2D eigenvalue weighted by molar-refractivity contribution is 0.102. The lowest BCUT2D eigenvalue weighted by Crippen LogP contribution is -2.12. The highest BCUT2D eigenvalue weighted by molar-refractivity contribution is 6.35. The summed E-state index contributed by atoms with van der Waals surface area (Å²) in [7, 11) is 0. The Morgan fingerprint density at radius 3 is 2.67 bits per heavy atom. The van der Waals surface area contributed by atoms with Crippen molar-refractivity contribution in [3.63, 3.8) is 0 Å². The highest BCUT2D eigenvalue weighted by atomic mass is 35.5. The van der Waals surface area contributed by atoms with E-state index >= 15 is 0 Å². The van der Waals surface area contributed by atoms with E-state index < -0.39 is 11.9 Å². The standard InChI is InChI=1S/C12H7Cl2FN2O/c13-8-2-3-9(14)10(5-8)17-12(18)7-1-4-11(15)16-6-7/h1-6H,(H,17,18). The molecule has 18 heavy (non-hydrogen) atoms. The van der Waals surface area contributed by atoms with Gasteiger partial charge in [0.1, 0.15) is 0 Å². The Morgan fingerprint density at radius 1 is 1.22 bits per heavy atom. The third-order valence-corrected chi connectivity index (χ3v) is 2.73. The molecule has 1 aromatic heterocycles. The van der Waals surface area contributed by atoms with Gasteiger partial charge in [0.2, 0.25) is 5.95 Å². The van der Waals surface area contributed by atoms with Crippen LogP contribution < -0.4 is 5.32 Å². The Balaban J connectivity index is 2.21. The van der Waals surface area contributed by atoms with Crippen LogP contribution in [0.15, 0.2) is 36.5 Å². The number of benzene rings is 1. The van der Waals surface area contributed by atoms with E-state index in [4.69, 9.17) is 23.2 Å². The summed E-state index contributed by atoms with van der Waals surface area (Å²) in [6.07, 6.45) is 1.14. The Hall–Kier alpha value is -1.65. The summed E-state index contributed by atoms with van der Waals surface area (Å²) in [5.41, 5.74) is 0.617. The minimum Gasteiger partial charge on any atom is -0.321 e. The summed E-state index contributed by atoms with van der Waals surface area (Å²) in [5.74, 6) is -1.08. The van der Waals surface area contributed by atoms with Crippen molar-refractivity contribution >= 4 is 34.8 Å². The summed E-state index contributed by atoms with van der Waals surface area (Å²) in [6, 6.07) is 7.14. The van der Waals surface area contributed by atoms with Gasteiger partial charge in [0.25, 0.3) is 5.91 Å². The van der Waals surface area contributed by atoms with Crippen molar-refractivity contribution in [3.8, 4) is 0 Å². The van der Waals surface area contributed by atoms with Crippen molar-refractivity contribution in [1.29, 1.82) is 0 Å². The number of amides is 1. The fourth-order valence-corrected chi connectivity index (χ4v) is 1.63. The fourth-order valence-electron chi connectivity index (χ4n) is 1.30. The van der Waals surface area contributed by atoms with Gasteiger partial charge in [0.05, 0.1) is 16.3 Å². The first kappa shape index (κ1) is 12.8. The second-order valence-electron chi connectivity index (χ2n) is 3.45. The van der Waals surface area contributed by atoms with E-state index in [0.717, 1.165) is 12.3 Å². The van der Waals surface area contributed by atoms with Gasteiger partial charge in [0, 0.05) is 11.2 Å². The zero-order valence-electron chi connectivity index (χ0n) is 8.95. The molecular formula is C12H7Cl2FN2O. The molecule has 0 bridgehead atoms. The molecule has 0 saturated heterocycles. The van der Waals surface area contributed by atoms with Gasteiger partial charge >= 0.3 is 0 Å². The van der Waals surface area contributed by atoms with Crippen LogP contribution in [0.2, 0.25) is 10.0 Å². The van der Waals surface area contributed by atoms with Gasteiger partial charge in [-0.2, -0.15) is 4.39 Å². The molecule has 1 aromatic carbocycles. The summed E-state index contributed by atoms with van der Waals surface area (Å²) in [5, 5.41) is 3.38. The van der Waals surface area contributed by atoms with Crippen LogP contribution in [-0.2, 0) is 0 Å². The lowest BCUT2D eigenvalue weighted by Gasteiger charge is -2.07. The number of hydrogen-bond acceptors (Lipinski definition) is 2. The number of hydrogen-bond donors (Lipinski definition) is 1. The quantitative estimate of drug-likeness (QED) is 0.853. The maximum absolute atomic E-state index is 12.6. The van der Waals surface area contributed by atoms with E-state index in [0.29, 0.717) is 15.7 Å². The molecule has 0 aliphatic rings. The Labute approximate surface area is 113 Å². The second kappa shape index (κ2) is 5.33. The summed E-state index contributed by atoms with van der Waals surface area (Å²) < 4.78 is 12.6. The van der Waals surface area contributed by atoms with Crippen LogP contribution in [0, 0.1) is 5.95 Å². The van der Waals surface area contributed by atoms with Crippen molar-refractivity contribution in [3.05, 3.63) is 58.1 Å². The molecule has 0 atom stereocenters. The van der Waals surface area contributed by atoms with Crippen molar-refractivity contribution in [1.82, 2.24) is 4.98 Å². The molecule has 3 nitrogen and oxygen atoms in total. The van der Waals surface area contributed by atoms with E-state index in [-0.39, 0.29) is 5.56 Å². The molecule has 0 aliphatic carbocycles. The SMILES string of the molecule is O=C(Nc1cc(Cl)ccc1Cl)c1ccc(F)nc1. The highest BCUT2D eigenvalue weighted by Crippen LogP contribution is 2.25. The fraction of sp³-hybridized carbons (Fsp3) is 0. The summed E-state index contributed by atoms with van der Waals surface area (Å²) in [4.78, 5) is 15.2. The van der Waals surface area contributed by atoms with Crippen LogP contribution in [0.4, 0.5) is 10.1 Å². The van der Waals surface area contributed by atoms with Crippen molar-refractivity contribution in [2.75, 3.05) is 5.32 Å². The first-order valence-electron chi connectivity index (χ1n) is 4.94. The van der Waals surface area contributed by atoms with Crippen molar-refractivity contribution in [2.24, 2.45) is 0 Å². The van der Waals surface area contributed by atoms with Crippen LogP contribution >= 0.6 is 23.2 Å². The van der Waals surface area contributed by atoms with Gasteiger partial charge in [-0.25, -0.2) is 4.98 Å². The molecule has 1 heterocycles. The van der Waals surface area contributed by atoms with Gasteiger partial charge in [-0.1, -0.05) is 23.2 Å². The largest absolute Gasteiger partial charge is 0.321 e. The van der Waals surface area contributed by atoms with E-state index in [2.05, 4.69) is 10.3 Å². The zero-order valence-corrected chi connectivity index (χ0v) is 10.5. The Morgan fingerprint density at radius 2 is 2.00 bits per heavy atom. The average molecular weight is 285 g/mol. The van der Waals surface area contributed by atoms with Crippen LogP contribution in [-0.4, -0.2) is 10.9 Å². The minimum atomic E-state index is -0.646. The van der Waals surface area contributed by atoms with Gasteiger partial charge in [-0.05, 0) is 30.3 Å². The number of nitrogens with one attached hydrogen (secondary N) is 1. The first-order chi connectivity index (χ1) is 8.56. The number of aromatic nitrogens is 1. The molecule has 0 unspecified atom stereocenters. The monoisotopic (exact) mass is 284 g/mol. The number of carbonyl (C=O) groups is 1. The molecule has 6 heteroatoms. The molecule has 0 aliphatic heterocycles. The third-order valence-electron chi connectivity index (χ3n) is 2.17. The summed E-state index contributed by atoms with van der Waals surface area (Å²) in [6.45, 7) is 0.